The van der Waals surface area contributed by atoms with Crippen LogP contribution < -0.4 is 5.32 Å². The number of amides is 1. The predicted molar refractivity (Wildman–Crippen MR) is 99.0 cm³/mol. The van der Waals surface area contributed by atoms with Crippen molar-refractivity contribution < 1.29 is 23.1 Å². The highest BCUT2D eigenvalue weighted by molar-refractivity contribution is 6.02. The van der Waals surface area contributed by atoms with Crippen molar-refractivity contribution >= 4 is 11.9 Å². The summed E-state index contributed by atoms with van der Waals surface area (Å²) in [5.41, 5.74) is -0.0330. The fraction of sp³-hybridized carbons (Fsp3) is 0.333. The molecule has 1 atom stereocenters. The maximum absolute atomic E-state index is 15.1. The quantitative estimate of drug-likeness (QED) is 0.742. The summed E-state index contributed by atoms with van der Waals surface area (Å²) in [6.45, 7) is 6.67. The first-order valence-electron chi connectivity index (χ1n) is 8.54. The molecule has 144 valence electrons. The molecule has 0 spiro atoms. The third-order valence-electron chi connectivity index (χ3n) is 3.77. The molecule has 0 fully saturated rings. The van der Waals surface area contributed by atoms with Gasteiger partial charge in [0.2, 0.25) is 5.78 Å². The first kappa shape index (κ1) is 20.6. The Bertz CT molecular complexity index is 796. The zero-order valence-electron chi connectivity index (χ0n) is 15.8. The molecule has 27 heavy (non-hydrogen) atoms. The lowest BCUT2D eigenvalue weighted by Gasteiger charge is -2.28. The average molecular weight is 375 g/mol. The largest absolute Gasteiger partial charge is 0.444 e. The van der Waals surface area contributed by atoms with Crippen molar-refractivity contribution in [3.8, 4) is 0 Å². The molecule has 2 rings (SSSR count). The summed E-state index contributed by atoms with van der Waals surface area (Å²) < 4.78 is 35.3. The van der Waals surface area contributed by atoms with Gasteiger partial charge in [0.1, 0.15) is 11.6 Å². The molecule has 1 amide bonds. The van der Waals surface area contributed by atoms with E-state index in [9.17, 15) is 9.59 Å². The van der Waals surface area contributed by atoms with Crippen LogP contribution in [0.4, 0.5) is 13.6 Å². The molecular weight excluding hydrogens is 352 g/mol. The summed E-state index contributed by atoms with van der Waals surface area (Å²) in [6, 6.07) is 11.6. The van der Waals surface area contributed by atoms with Crippen LogP contribution in [0.5, 0.6) is 0 Å². The van der Waals surface area contributed by atoms with Gasteiger partial charge in [-0.05, 0) is 33.3 Å². The van der Waals surface area contributed by atoms with Gasteiger partial charge in [0.05, 0.1) is 0 Å². The van der Waals surface area contributed by atoms with Crippen molar-refractivity contribution in [2.75, 3.05) is 0 Å². The summed E-state index contributed by atoms with van der Waals surface area (Å²) >= 11 is 0. The van der Waals surface area contributed by atoms with Gasteiger partial charge in [-0.15, -0.1) is 0 Å². The van der Waals surface area contributed by atoms with E-state index in [0.717, 1.165) is 5.56 Å². The lowest BCUT2D eigenvalue weighted by Crippen LogP contribution is -2.47. The molecule has 0 radical (unpaired) electrons. The minimum Gasteiger partial charge on any atom is -0.444 e. The van der Waals surface area contributed by atoms with Crippen molar-refractivity contribution in [3.05, 3.63) is 71.3 Å². The zero-order valence-corrected chi connectivity index (χ0v) is 15.8. The van der Waals surface area contributed by atoms with Crippen LogP contribution in [0.15, 0.2) is 54.6 Å². The van der Waals surface area contributed by atoms with E-state index in [-0.39, 0.29) is 11.1 Å². The van der Waals surface area contributed by atoms with Gasteiger partial charge in [-0.1, -0.05) is 60.2 Å². The van der Waals surface area contributed by atoms with E-state index in [4.69, 9.17) is 4.74 Å². The molecule has 2 aromatic carbocycles. The maximum Gasteiger partial charge on any atom is 0.408 e. The van der Waals surface area contributed by atoms with Gasteiger partial charge in [-0.2, -0.15) is 8.78 Å². The number of carbonyl (C=O) groups is 2. The van der Waals surface area contributed by atoms with Crippen molar-refractivity contribution in [1.29, 1.82) is 0 Å². The van der Waals surface area contributed by atoms with Crippen molar-refractivity contribution in [2.24, 2.45) is 0 Å². The zero-order chi connectivity index (χ0) is 20.2. The van der Waals surface area contributed by atoms with Crippen molar-refractivity contribution in [3.63, 3.8) is 0 Å². The number of Topliss-reactive ketones (excluding diaryl/α,β-unsaturated/α-hetero) is 1. The fourth-order valence-electron chi connectivity index (χ4n) is 2.48. The molecule has 0 aliphatic heterocycles. The third kappa shape index (κ3) is 5.36. The third-order valence-corrected chi connectivity index (χ3v) is 3.77. The molecule has 0 aliphatic carbocycles. The Morgan fingerprint density at radius 3 is 2.04 bits per heavy atom. The summed E-state index contributed by atoms with van der Waals surface area (Å²) in [6.07, 6.45) is -1.02. The number of rotatable bonds is 5. The monoisotopic (exact) mass is 375 g/mol. The standard InChI is InChI=1S/C21H23F2NO3/c1-14-10-12-16(13-11-14)18(25)21(22,23)17(15-8-6-5-7-9-15)24-19(26)27-20(2,3)4/h5-13,17H,1-4H3,(H,24,26)/t17-/m0/s1. The van der Waals surface area contributed by atoms with Gasteiger partial charge in [-0.3, -0.25) is 4.79 Å². The number of alkyl carbamates (subject to hydrolysis) is 1. The van der Waals surface area contributed by atoms with E-state index in [1.165, 1.54) is 24.3 Å². The van der Waals surface area contributed by atoms with Gasteiger partial charge >= 0.3 is 12.0 Å². The number of benzene rings is 2. The first-order valence-corrected chi connectivity index (χ1v) is 8.54. The number of ether oxygens (including phenoxy) is 1. The Hall–Kier alpha value is -2.76. The van der Waals surface area contributed by atoms with Gasteiger partial charge in [0.25, 0.3) is 0 Å². The molecule has 0 aromatic heterocycles. The van der Waals surface area contributed by atoms with E-state index in [2.05, 4.69) is 5.32 Å². The van der Waals surface area contributed by atoms with Crippen LogP contribution in [-0.4, -0.2) is 23.4 Å². The van der Waals surface area contributed by atoms with Crippen LogP contribution in [0.25, 0.3) is 0 Å². The van der Waals surface area contributed by atoms with Crippen LogP contribution in [0, 0.1) is 6.92 Å². The number of aryl methyl sites for hydroxylation is 1. The molecule has 0 aliphatic rings. The molecule has 4 nitrogen and oxygen atoms in total. The lowest BCUT2D eigenvalue weighted by atomic mass is 9.93. The number of nitrogens with one attached hydrogen (secondary N) is 1. The van der Waals surface area contributed by atoms with E-state index < -0.39 is 29.4 Å². The molecule has 0 bridgehead atoms. The average Bonchev–Trinajstić information content (AvgIpc) is 2.59. The number of ketones is 1. The van der Waals surface area contributed by atoms with Crippen LogP contribution >= 0.6 is 0 Å². The van der Waals surface area contributed by atoms with E-state index >= 15 is 8.78 Å². The van der Waals surface area contributed by atoms with Crippen LogP contribution in [0.3, 0.4) is 0 Å². The summed E-state index contributed by atoms with van der Waals surface area (Å²) in [4.78, 5) is 24.6. The first-order chi connectivity index (χ1) is 12.5. The van der Waals surface area contributed by atoms with E-state index in [0.29, 0.717) is 0 Å². The van der Waals surface area contributed by atoms with Crippen molar-refractivity contribution in [1.82, 2.24) is 5.32 Å². The smallest absolute Gasteiger partial charge is 0.408 e. The SMILES string of the molecule is Cc1ccc(C(=O)C(F)(F)[C@@H](NC(=O)OC(C)(C)C)c2ccccc2)cc1. The minimum atomic E-state index is -3.87. The fourth-order valence-corrected chi connectivity index (χ4v) is 2.48. The molecule has 0 saturated carbocycles. The molecular formula is C21H23F2NO3. The number of hydrogen-bond acceptors (Lipinski definition) is 3. The van der Waals surface area contributed by atoms with Crippen molar-refractivity contribution in [2.45, 2.75) is 45.3 Å². The highest BCUT2D eigenvalue weighted by atomic mass is 19.3. The second kappa shape index (κ2) is 7.86. The Labute approximate surface area is 157 Å². The molecule has 2 aromatic rings. The topological polar surface area (TPSA) is 55.4 Å². The Morgan fingerprint density at radius 2 is 1.52 bits per heavy atom. The van der Waals surface area contributed by atoms with Gasteiger partial charge in [0.15, 0.2) is 0 Å². The molecule has 0 heterocycles. The van der Waals surface area contributed by atoms with E-state index in [1.807, 2.05) is 0 Å². The highest BCUT2D eigenvalue weighted by Gasteiger charge is 2.49. The second-order valence-corrected chi connectivity index (χ2v) is 7.31. The predicted octanol–water partition coefficient (Wildman–Crippen LogP) is 5.08. The maximum atomic E-state index is 15.1. The molecule has 1 N–H and O–H groups in total. The normalized spacial score (nSPS) is 13.0. The van der Waals surface area contributed by atoms with Gasteiger partial charge < -0.3 is 10.1 Å². The minimum absolute atomic E-state index is 0.105. The lowest BCUT2D eigenvalue weighted by molar-refractivity contribution is -0.0208. The number of alkyl halides is 2. The van der Waals surface area contributed by atoms with E-state index in [1.54, 1.807) is 58.0 Å². The van der Waals surface area contributed by atoms with Gasteiger partial charge in [-0.25, -0.2) is 4.79 Å². The summed E-state index contributed by atoms with van der Waals surface area (Å²) in [7, 11) is 0. The summed E-state index contributed by atoms with van der Waals surface area (Å²) in [5, 5.41) is 2.16. The van der Waals surface area contributed by atoms with Crippen LogP contribution in [-0.2, 0) is 4.74 Å². The molecule has 0 unspecified atom stereocenters. The Morgan fingerprint density at radius 1 is 0.963 bits per heavy atom. The highest BCUT2D eigenvalue weighted by Crippen LogP contribution is 2.35. The van der Waals surface area contributed by atoms with Crippen LogP contribution in [0.2, 0.25) is 0 Å². The second-order valence-electron chi connectivity index (χ2n) is 7.31. The molecule has 0 saturated heterocycles. The van der Waals surface area contributed by atoms with Gasteiger partial charge in [0, 0.05) is 5.56 Å². The van der Waals surface area contributed by atoms with Crippen LogP contribution in [0.1, 0.15) is 48.3 Å². The number of carbonyl (C=O) groups excluding carboxylic acids is 2. The Balaban J connectivity index is 2.37. The Kier molecular flexibility index (Phi) is 5.98. The summed E-state index contributed by atoms with van der Waals surface area (Å²) in [5.74, 6) is -5.24. The molecule has 6 heteroatoms. The number of halogens is 2. The number of hydrogen-bond donors (Lipinski definition) is 1.